The minimum absolute atomic E-state index is 0.0464. The van der Waals surface area contributed by atoms with E-state index >= 15 is 0 Å². The third-order valence-electron chi connectivity index (χ3n) is 2.45. The van der Waals surface area contributed by atoms with Crippen LogP contribution >= 0.6 is 0 Å². The van der Waals surface area contributed by atoms with Gasteiger partial charge in [-0.25, -0.2) is 9.97 Å². The molecule has 0 radical (unpaired) electrons. The Hall–Kier alpha value is -2.04. The van der Waals surface area contributed by atoms with Gasteiger partial charge in [0.1, 0.15) is 11.4 Å². The molecule has 0 amide bonds. The smallest absolute Gasteiger partial charge is 0.183 e. The molecular formula is C12H14N4O. The van der Waals surface area contributed by atoms with Gasteiger partial charge in [-0.05, 0) is 12.1 Å². The first-order valence-corrected chi connectivity index (χ1v) is 5.45. The van der Waals surface area contributed by atoms with E-state index in [0.29, 0.717) is 17.2 Å². The number of Topliss-reactive ketones (excluding diaryl/α,β-unsaturated/α-hetero) is 1. The molecular weight excluding hydrogens is 216 g/mol. The van der Waals surface area contributed by atoms with Gasteiger partial charge in [0.05, 0.1) is 0 Å². The van der Waals surface area contributed by atoms with Gasteiger partial charge in [0.25, 0.3) is 0 Å². The van der Waals surface area contributed by atoms with Crippen LogP contribution in [0.25, 0.3) is 11.5 Å². The molecule has 0 saturated heterocycles. The number of hydrogen-bond acceptors (Lipinski definition) is 4. The Morgan fingerprint density at radius 2 is 1.94 bits per heavy atom. The Morgan fingerprint density at radius 1 is 1.29 bits per heavy atom. The number of hydrogen-bond donors (Lipinski definition) is 0. The maximum atomic E-state index is 11.9. The van der Waals surface area contributed by atoms with Gasteiger partial charge in [-0.2, -0.15) is 5.10 Å². The predicted octanol–water partition coefficient (Wildman–Crippen LogP) is 1.72. The molecule has 0 saturated carbocycles. The molecule has 0 fully saturated rings. The van der Waals surface area contributed by atoms with E-state index in [9.17, 15) is 4.79 Å². The Labute approximate surface area is 99.5 Å². The SMILES string of the molecule is CC(C)C(=O)c1cc(-c2ncccn2)nn1C. The number of aryl methyl sites for hydroxylation is 1. The van der Waals surface area contributed by atoms with E-state index in [1.165, 1.54) is 0 Å². The number of rotatable bonds is 3. The third-order valence-corrected chi connectivity index (χ3v) is 2.45. The van der Waals surface area contributed by atoms with Gasteiger partial charge in [-0.3, -0.25) is 9.48 Å². The van der Waals surface area contributed by atoms with Gasteiger partial charge in [0.2, 0.25) is 0 Å². The largest absolute Gasteiger partial charge is 0.292 e. The molecule has 5 nitrogen and oxygen atoms in total. The fourth-order valence-corrected chi connectivity index (χ4v) is 1.53. The Kier molecular flexibility index (Phi) is 2.99. The lowest BCUT2D eigenvalue weighted by Gasteiger charge is -2.02. The minimum atomic E-state index is -0.0464. The van der Waals surface area contributed by atoms with Crippen molar-refractivity contribution in [3.05, 3.63) is 30.2 Å². The van der Waals surface area contributed by atoms with E-state index in [0.717, 1.165) is 0 Å². The molecule has 0 aliphatic rings. The maximum Gasteiger partial charge on any atom is 0.183 e. The lowest BCUT2D eigenvalue weighted by Crippen LogP contribution is -2.12. The second-order valence-corrected chi connectivity index (χ2v) is 4.13. The highest BCUT2D eigenvalue weighted by Gasteiger charge is 2.17. The van der Waals surface area contributed by atoms with Gasteiger partial charge in [-0.1, -0.05) is 13.8 Å². The summed E-state index contributed by atoms with van der Waals surface area (Å²) in [6.45, 7) is 3.74. The highest BCUT2D eigenvalue weighted by atomic mass is 16.1. The Balaban J connectivity index is 2.41. The van der Waals surface area contributed by atoms with Crippen LogP contribution < -0.4 is 0 Å². The van der Waals surface area contributed by atoms with Crippen LogP contribution in [0.15, 0.2) is 24.5 Å². The Morgan fingerprint density at radius 3 is 2.53 bits per heavy atom. The molecule has 2 aromatic rings. The molecule has 5 heteroatoms. The van der Waals surface area contributed by atoms with Crippen molar-refractivity contribution in [2.24, 2.45) is 13.0 Å². The molecule has 0 unspecified atom stereocenters. The number of nitrogens with zero attached hydrogens (tertiary/aromatic N) is 4. The summed E-state index contributed by atoms with van der Waals surface area (Å²) in [4.78, 5) is 20.1. The molecule has 2 aromatic heterocycles. The van der Waals surface area contributed by atoms with E-state index in [1.807, 2.05) is 13.8 Å². The lowest BCUT2D eigenvalue weighted by molar-refractivity contribution is 0.0930. The maximum absolute atomic E-state index is 11.9. The van der Waals surface area contributed by atoms with Crippen LogP contribution in [-0.2, 0) is 7.05 Å². The van der Waals surface area contributed by atoms with Crippen LogP contribution in [0.3, 0.4) is 0 Å². The molecule has 0 atom stereocenters. The van der Waals surface area contributed by atoms with Crippen molar-refractivity contribution in [2.45, 2.75) is 13.8 Å². The molecule has 17 heavy (non-hydrogen) atoms. The Bertz CT molecular complexity index is 531. The zero-order valence-electron chi connectivity index (χ0n) is 10.1. The molecule has 88 valence electrons. The van der Waals surface area contributed by atoms with Crippen molar-refractivity contribution < 1.29 is 4.79 Å². The number of carbonyl (C=O) groups is 1. The monoisotopic (exact) mass is 230 g/mol. The van der Waals surface area contributed by atoms with Crippen LogP contribution in [0.2, 0.25) is 0 Å². The van der Waals surface area contributed by atoms with E-state index in [4.69, 9.17) is 0 Å². The highest BCUT2D eigenvalue weighted by Crippen LogP contribution is 2.16. The summed E-state index contributed by atoms with van der Waals surface area (Å²) < 4.78 is 1.58. The average Bonchev–Trinajstić information content (AvgIpc) is 2.71. The van der Waals surface area contributed by atoms with E-state index in [2.05, 4.69) is 15.1 Å². The summed E-state index contributed by atoms with van der Waals surface area (Å²) in [5.41, 5.74) is 1.21. The van der Waals surface area contributed by atoms with Crippen LogP contribution in [0.4, 0.5) is 0 Å². The topological polar surface area (TPSA) is 60.7 Å². The predicted molar refractivity (Wildman–Crippen MR) is 63.4 cm³/mol. The molecule has 0 aromatic carbocycles. The average molecular weight is 230 g/mol. The van der Waals surface area contributed by atoms with Crippen molar-refractivity contribution in [3.63, 3.8) is 0 Å². The molecule has 0 aliphatic heterocycles. The van der Waals surface area contributed by atoms with Gasteiger partial charge in [0, 0.05) is 25.4 Å². The van der Waals surface area contributed by atoms with Crippen LogP contribution in [-0.4, -0.2) is 25.5 Å². The second-order valence-electron chi connectivity index (χ2n) is 4.13. The molecule has 2 heterocycles. The van der Waals surface area contributed by atoms with Gasteiger partial charge in [0.15, 0.2) is 11.6 Å². The first-order chi connectivity index (χ1) is 8.09. The van der Waals surface area contributed by atoms with Crippen molar-refractivity contribution in [2.75, 3.05) is 0 Å². The fourth-order valence-electron chi connectivity index (χ4n) is 1.53. The summed E-state index contributed by atoms with van der Waals surface area (Å²) in [7, 11) is 1.75. The third kappa shape index (κ3) is 2.22. The normalized spacial score (nSPS) is 10.8. The zero-order chi connectivity index (χ0) is 12.4. The summed E-state index contributed by atoms with van der Waals surface area (Å²) in [5.74, 6) is 0.558. The molecule has 2 rings (SSSR count). The van der Waals surface area contributed by atoms with Crippen LogP contribution in [0.5, 0.6) is 0 Å². The zero-order valence-corrected chi connectivity index (χ0v) is 10.1. The van der Waals surface area contributed by atoms with Crippen molar-refractivity contribution in [3.8, 4) is 11.5 Å². The van der Waals surface area contributed by atoms with E-state index in [-0.39, 0.29) is 11.7 Å². The van der Waals surface area contributed by atoms with Crippen molar-refractivity contribution >= 4 is 5.78 Å². The van der Waals surface area contributed by atoms with Crippen molar-refractivity contribution in [1.82, 2.24) is 19.7 Å². The summed E-state index contributed by atoms with van der Waals surface area (Å²) in [6, 6.07) is 3.48. The van der Waals surface area contributed by atoms with Crippen LogP contribution in [0.1, 0.15) is 24.3 Å². The summed E-state index contributed by atoms with van der Waals surface area (Å²) in [6.07, 6.45) is 3.31. The first-order valence-electron chi connectivity index (χ1n) is 5.45. The number of carbonyl (C=O) groups excluding carboxylic acids is 1. The van der Waals surface area contributed by atoms with Gasteiger partial charge >= 0.3 is 0 Å². The minimum Gasteiger partial charge on any atom is -0.292 e. The van der Waals surface area contributed by atoms with Crippen LogP contribution in [0, 0.1) is 5.92 Å². The van der Waals surface area contributed by atoms with Gasteiger partial charge in [-0.15, -0.1) is 0 Å². The second kappa shape index (κ2) is 4.45. The summed E-state index contributed by atoms with van der Waals surface area (Å²) >= 11 is 0. The first kappa shape index (κ1) is 11.4. The fraction of sp³-hybridized carbons (Fsp3) is 0.333. The molecule has 0 bridgehead atoms. The number of aromatic nitrogens is 4. The quantitative estimate of drug-likeness (QED) is 0.753. The van der Waals surface area contributed by atoms with E-state index < -0.39 is 0 Å². The lowest BCUT2D eigenvalue weighted by atomic mass is 10.1. The molecule has 0 spiro atoms. The number of ketones is 1. The molecule has 0 aliphatic carbocycles. The summed E-state index contributed by atoms with van der Waals surface area (Å²) in [5, 5.41) is 4.26. The van der Waals surface area contributed by atoms with Crippen molar-refractivity contribution in [1.29, 1.82) is 0 Å². The highest BCUT2D eigenvalue weighted by molar-refractivity contribution is 5.96. The standard InChI is InChI=1S/C12H14N4O/c1-8(2)11(17)10-7-9(15-16(10)3)12-13-5-4-6-14-12/h4-8H,1-3H3. The molecule has 0 N–H and O–H groups in total. The van der Waals surface area contributed by atoms with Gasteiger partial charge < -0.3 is 0 Å². The van der Waals surface area contributed by atoms with E-state index in [1.54, 1.807) is 36.3 Å².